The first kappa shape index (κ1) is 24.5. The Hall–Kier alpha value is -3.66. The number of carbonyl (C=O) groups is 1. The maximum absolute atomic E-state index is 13.7. The highest BCUT2D eigenvalue weighted by Crippen LogP contribution is 2.30. The predicted molar refractivity (Wildman–Crippen MR) is 133 cm³/mol. The number of hydrogen-bond donors (Lipinski definition) is 3. The van der Waals surface area contributed by atoms with Gasteiger partial charge in [-0.15, -0.1) is 0 Å². The highest BCUT2D eigenvalue weighted by atomic mass is 32.2. The molecule has 35 heavy (non-hydrogen) atoms. The molecule has 3 aromatic rings. The molecule has 0 fully saturated rings. The highest BCUT2D eigenvalue weighted by Gasteiger charge is 2.33. The molecular weight excluding hydrogens is 468 g/mol. The molecule has 1 atom stereocenters. The second-order valence-corrected chi connectivity index (χ2v) is 10.7. The molecule has 184 valence electrons. The third-order valence-corrected chi connectivity index (χ3v) is 8.04. The van der Waals surface area contributed by atoms with Gasteiger partial charge in [0.1, 0.15) is 6.54 Å². The smallest absolute Gasteiger partial charge is 0.325 e. The summed E-state index contributed by atoms with van der Waals surface area (Å²) in [5.41, 5.74) is 2.10. The van der Waals surface area contributed by atoms with Crippen LogP contribution in [0.5, 0.6) is 0 Å². The number of rotatable bonds is 6. The van der Waals surface area contributed by atoms with E-state index in [9.17, 15) is 22.8 Å². The van der Waals surface area contributed by atoms with Gasteiger partial charge in [0, 0.05) is 5.69 Å². The molecule has 0 saturated heterocycles. The molecule has 9 nitrogen and oxygen atoms in total. The van der Waals surface area contributed by atoms with E-state index in [1.54, 1.807) is 12.1 Å². The van der Waals surface area contributed by atoms with Crippen LogP contribution < -0.4 is 20.9 Å². The van der Waals surface area contributed by atoms with Gasteiger partial charge in [0.25, 0.3) is 15.6 Å². The van der Waals surface area contributed by atoms with Crippen molar-refractivity contribution in [3.8, 4) is 0 Å². The van der Waals surface area contributed by atoms with Crippen molar-refractivity contribution < 1.29 is 13.2 Å². The summed E-state index contributed by atoms with van der Waals surface area (Å²) in [6, 6.07) is 12.8. The molecule has 0 saturated carbocycles. The fourth-order valence-electron chi connectivity index (χ4n) is 4.69. The molecule has 1 aliphatic rings. The van der Waals surface area contributed by atoms with E-state index < -0.39 is 38.6 Å². The lowest BCUT2D eigenvalue weighted by Crippen LogP contribution is -2.44. The Bertz CT molecular complexity index is 1490. The van der Waals surface area contributed by atoms with Gasteiger partial charge in [0.2, 0.25) is 5.91 Å². The molecule has 4 rings (SSSR count). The van der Waals surface area contributed by atoms with Gasteiger partial charge >= 0.3 is 5.69 Å². The molecule has 1 aliphatic carbocycles. The number of nitrogens with one attached hydrogen (secondary N) is 3. The Labute approximate surface area is 203 Å². The lowest BCUT2D eigenvalue weighted by Gasteiger charge is -2.29. The third kappa shape index (κ3) is 5.07. The number of aromatic nitrogens is 2. The van der Waals surface area contributed by atoms with Crippen molar-refractivity contribution in [3.63, 3.8) is 0 Å². The molecule has 0 bridgehead atoms. The number of H-pyrrole nitrogens is 2. The second-order valence-electron chi connectivity index (χ2n) is 8.93. The van der Waals surface area contributed by atoms with Crippen LogP contribution in [-0.4, -0.2) is 30.8 Å². The number of sulfonamides is 1. The van der Waals surface area contributed by atoms with Gasteiger partial charge in [-0.3, -0.25) is 18.9 Å². The predicted octanol–water partition coefficient (Wildman–Crippen LogP) is 2.38. The van der Waals surface area contributed by atoms with Crippen molar-refractivity contribution in [3.05, 3.63) is 91.3 Å². The quantitative estimate of drug-likeness (QED) is 0.482. The number of carbonyl (C=O) groups excluding carboxylic acids is 1. The van der Waals surface area contributed by atoms with E-state index in [0.717, 1.165) is 40.3 Å². The third-order valence-electron chi connectivity index (χ3n) is 6.11. The standard InChI is InChI=1S/C25H28N4O5S/c1-15-11-16(2)13-19(12-15)29(35(33,34)23-17(3)26-25(32)28-24(23)31)14-22(30)27-21-10-6-8-18-7-4-5-9-20(18)21/h4-5,7,9,11-13,21H,6,8,10,14H2,1-3H3,(H,27,30)(H2,26,28,31,32). The van der Waals surface area contributed by atoms with Crippen molar-refractivity contribution in [2.45, 2.75) is 51.0 Å². The summed E-state index contributed by atoms with van der Waals surface area (Å²) in [6.07, 6.45) is 2.59. The second kappa shape index (κ2) is 9.53. The van der Waals surface area contributed by atoms with Crippen LogP contribution in [0.2, 0.25) is 0 Å². The Morgan fingerprint density at radius 3 is 2.43 bits per heavy atom. The van der Waals surface area contributed by atoms with E-state index in [4.69, 9.17) is 0 Å². The van der Waals surface area contributed by atoms with Gasteiger partial charge in [-0.1, -0.05) is 30.3 Å². The molecule has 1 amide bonds. The van der Waals surface area contributed by atoms with Crippen LogP contribution in [0, 0.1) is 20.8 Å². The average molecular weight is 497 g/mol. The summed E-state index contributed by atoms with van der Waals surface area (Å²) >= 11 is 0. The largest absolute Gasteiger partial charge is 0.348 e. The Morgan fingerprint density at radius 2 is 1.74 bits per heavy atom. The maximum Gasteiger partial charge on any atom is 0.325 e. The molecule has 2 aromatic carbocycles. The van der Waals surface area contributed by atoms with Crippen molar-refractivity contribution in [2.75, 3.05) is 10.8 Å². The van der Waals surface area contributed by atoms with Gasteiger partial charge < -0.3 is 10.3 Å². The minimum absolute atomic E-state index is 0.102. The van der Waals surface area contributed by atoms with Crippen molar-refractivity contribution in [2.24, 2.45) is 0 Å². The fraction of sp³-hybridized carbons (Fsp3) is 0.320. The van der Waals surface area contributed by atoms with Crippen LogP contribution in [0.3, 0.4) is 0 Å². The number of aryl methyl sites for hydroxylation is 4. The number of fused-ring (bicyclic) bond motifs is 1. The minimum Gasteiger partial charge on any atom is -0.348 e. The Kier molecular flexibility index (Phi) is 6.66. The number of anilines is 1. The molecule has 0 radical (unpaired) electrons. The van der Waals surface area contributed by atoms with E-state index in [-0.39, 0.29) is 17.4 Å². The van der Waals surface area contributed by atoms with Gasteiger partial charge in [0.05, 0.1) is 11.7 Å². The molecule has 1 aromatic heterocycles. The van der Waals surface area contributed by atoms with Crippen molar-refractivity contribution in [1.29, 1.82) is 0 Å². The van der Waals surface area contributed by atoms with Crippen LogP contribution in [0.25, 0.3) is 0 Å². The van der Waals surface area contributed by atoms with Crippen molar-refractivity contribution in [1.82, 2.24) is 15.3 Å². The van der Waals surface area contributed by atoms with Gasteiger partial charge in [0.15, 0.2) is 4.90 Å². The SMILES string of the molecule is Cc1cc(C)cc(N(CC(=O)NC2CCCc3ccccc32)S(=O)(=O)c2c(C)[nH]c(=O)[nH]c2=O)c1. The number of nitrogens with zero attached hydrogens (tertiary/aromatic N) is 1. The molecule has 10 heteroatoms. The monoisotopic (exact) mass is 496 g/mol. The average Bonchev–Trinajstić information content (AvgIpc) is 2.76. The van der Waals surface area contributed by atoms with Gasteiger partial charge in [-0.05, 0) is 74.4 Å². The maximum atomic E-state index is 13.7. The summed E-state index contributed by atoms with van der Waals surface area (Å²) in [7, 11) is -4.50. The summed E-state index contributed by atoms with van der Waals surface area (Å²) in [6.45, 7) is 4.45. The van der Waals surface area contributed by atoms with E-state index in [1.165, 1.54) is 12.5 Å². The summed E-state index contributed by atoms with van der Waals surface area (Å²) < 4.78 is 28.4. The Balaban J connectivity index is 1.73. The first-order valence-corrected chi connectivity index (χ1v) is 12.8. The van der Waals surface area contributed by atoms with E-state index in [2.05, 4.69) is 10.3 Å². The zero-order valence-electron chi connectivity index (χ0n) is 19.8. The lowest BCUT2D eigenvalue weighted by atomic mass is 9.88. The highest BCUT2D eigenvalue weighted by molar-refractivity contribution is 7.92. The van der Waals surface area contributed by atoms with E-state index in [1.807, 2.05) is 49.2 Å². The van der Waals surface area contributed by atoms with E-state index >= 15 is 0 Å². The fourth-order valence-corrected chi connectivity index (χ4v) is 6.31. The summed E-state index contributed by atoms with van der Waals surface area (Å²) in [5.74, 6) is -0.493. The molecule has 1 heterocycles. The zero-order valence-corrected chi connectivity index (χ0v) is 20.7. The van der Waals surface area contributed by atoms with Gasteiger partial charge in [-0.25, -0.2) is 13.2 Å². The topological polar surface area (TPSA) is 132 Å². The van der Waals surface area contributed by atoms with Crippen LogP contribution >= 0.6 is 0 Å². The van der Waals surface area contributed by atoms with Crippen LogP contribution in [0.15, 0.2) is 56.9 Å². The molecule has 0 aliphatic heterocycles. The summed E-state index contributed by atoms with van der Waals surface area (Å²) in [4.78, 5) is 41.1. The zero-order chi connectivity index (χ0) is 25.3. The van der Waals surface area contributed by atoms with Gasteiger partial charge in [-0.2, -0.15) is 0 Å². The number of aromatic amines is 2. The first-order valence-electron chi connectivity index (χ1n) is 11.4. The Morgan fingerprint density at radius 1 is 1.06 bits per heavy atom. The first-order chi connectivity index (χ1) is 16.6. The molecule has 0 spiro atoms. The molecular formula is C25H28N4O5S. The number of benzene rings is 2. The normalized spacial score (nSPS) is 15.3. The van der Waals surface area contributed by atoms with E-state index in [0.29, 0.717) is 0 Å². The minimum atomic E-state index is -4.50. The van der Waals surface area contributed by atoms with Crippen LogP contribution in [-0.2, 0) is 21.2 Å². The number of amides is 1. The number of hydrogen-bond acceptors (Lipinski definition) is 5. The lowest BCUT2D eigenvalue weighted by molar-refractivity contribution is -0.120. The molecule has 3 N–H and O–H groups in total. The van der Waals surface area contributed by atoms with Crippen molar-refractivity contribution >= 4 is 21.6 Å². The van der Waals surface area contributed by atoms with Crippen LogP contribution in [0.1, 0.15) is 46.8 Å². The van der Waals surface area contributed by atoms with Crippen LogP contribution in [0.4, 0.5) is 5.69 Å². The molecule has 1 unspecified atom stereocenters. The summed E-state index contributed by atoms with van der Waals surface area (Å²) in [5, 5.41) is 2.98.